The van der Waals surface area contributed by atoms with Crippen molar-refractivity contribution in [2.75, 3.05) is 13.7 Å². The van der Waals surface area contributed by atoms with Crippen molar-refractivity contribution < 1.29 is 9.53 Å². The first-order chi connectivity index (χ1) is 10.6. The van der Waals surface area contributed by atoms with E-state index in [1.807, 2.05) is 31.3 Å². The lowest BCUT2D eigenvalue weighted by molar-refractivity contribution is -0.132. The number of likely N-dealkylation sites (N-methyl/N-ethyl adjacent to an activating group) is 1. The average molecular weight is 295 g/mol. The van der Waals surface area contributed by atoms with Crippen LogP contribution in [0.25, 0.3) is 11.1 Å². The number of benzene rings is 2. The number of aryl methyl sites for hydroxylation is 1. The number of ether oxygens (including phenoxy) is 1. The standard InChI is InChI=1S/C19H21NO2/c1-14-3-5-15(6-4-14)16-7-11-18(12-8-16)22-13-19(21)20(2)17-9-10-17/h3-8,11-12,17H,9-10,13H2,1-2H3. The summed E-state index contributed by atoms with van der Waals surface area (Å²) in [6.07, 6.45) is 2.24. The number of hydrogen-bond donors (Lipinski definition) is 0. The van der Waals surface area contributed by atoms with Crippen molar-refractivity contribution in [3.8, 4) is 16.9 Å². The van der Waals surface area contributed by atoms with E-state index in [4.69, 9.17) is 4.74 Å². The van der Waals surface area contributed by atoms with Crippen LogP contribution in [0.3, 0.4) is 0 Å². The summed E-state index contributed by atoms with van der Waals surface area (Å²) in [5, 5.41) is 0. The molecule has 3 nitrogen and oxygen atoms in total. The van der Waals surface area contributed by atoms with Crippen LogP contribution in [-0.2, 0) is 4.79 Å². The number of carbonyl (C=O) groups excluding carboxylic acids is 1. The van der Waals surface area contributed by atoms with Gasteiger partial charge in [-0.15, -0.1) is 0 Å². The Kier molecular flexibility index (Phi) is 4.14. The van der Waals surface area contributed by atoms with Crippen LogP contribution in [0.1, 0.15) is 18.4 Å². The average Bonchev–Trinajstić information content (AvgIpc) is 3.38. The normalized spacial score (nSPS) is 13.7. The first-order valence-corrected chi connectivity index (χ1v) is 7.69. The van der Waals surface area contributed by atoms with E-state index in [9.17, 15) is 4.79 Å². The lowest BCUT2D eigenvalue weighted by atomic mass is 10.0. The minimum atomic E-state index is 0.0464. The Balaban J connectivity index is 1.59. The second kappa shape index (κ2) is 6.22. The first kappa shape index (κ1) is 14.6. The molecule has 0 aromatic heterocycles. The van der Waals surface area contributed by atoms with Gasteiger partial charge in [-0.25, -0.2) is 0 Å². The highest BCUT2D eigenvalue weighted by molar-refractivity contribution is 5.78. The third kappa shape index (κ3) is 3.48. The number of rotatable bonds is 5. The number of carbonyl (C=O) groups is 1. The fourth-order valence-electron chi connectivity index (χ4n) is 2.40. The van der Waals surface area contributed by atoms with Crippen LogP contribution in [0.5, 0.6) is 5.75 Å². The molecule has 3 heteroatoms. The fraction of sp³-hybridized carbons (Fsp3) is 0.316. The van der Waals surface area contributed by atoms with Gasteiger partial charge in [0.25, 0.3) is 5.91 Å². The Labute approximate surface area is 131 Å². The summed E-state index contributed by atoms with van der Waals surface area (Å²) in [5.41, 5.74) is 3.58. The van der Waals surface area contributed by atoms with E-state index in [0.29, 0.717) is 6.04 Å². The van der Waals surface area contributed by atoms with Crippen LogP contribution in [-0.4, -0.2) is 30.5 Å². The van der Waals surface area contributed by atoms with E-state index in [-0.39, 0.29) is 12.5 Å². The molecule has 1 fully saturated rings. The molecule has 1 aliphatic carbocycles. The maximum Gasteiger partial charge on any atom is 0.260 e. The van der Waals surface area contributed by atoms with Crippen LogP contribution in [0.4, 0.5) is 0 Å². The zero-order valence-electron chi connectivity index (χ0n) is 13.1. The molecule has 0 aliphatic heterocycles. The van der Waals surface area contributed by atoms with Crippen LogP contribution < -0.4 is 4.74 Å². The Morgan fingerprint density at radius 1 is 1.05 bits per heavy atom. The van der Waals surface area contributed by atoms with Gasteiger partial charge in [0.2, 0.25) is 0 Å². The van der Waals surface area contributed by atoms with Crippen LogP contribution >= 0.6 is 0 Å². The molecule has 114 valence electrons. The van der Waals surface area contributed by atoms with Gasteiger partial charge in [0.05, 0.1) is 0 Å². The molecule has 0 heterocycles. The third-order valence-corrected chi connectivity index (χ3v) is 4.09. The number of amides is 1. The maximum absolute atomic E-state index is 11.9. The van der Waals surface area contributed by atoms with E-state index >= 15 is 0 Å². The summed E-state index contributed by atoms with van der Waals surface area (Å²) in [5.74, 6) is 0.776. The molecule has 0 N–H and O–H groups in total. The third-order valence-electron chi connectivity index (χ3n) is 4.09. The van der Waals surface area contributed by atoms with Crippen LogP contribution in [0.2, 0.25) is 0 Å². The quantitative estimate of drug-likeness (QED) is 0.842. The molecule has 1 aliphatic rings. The number of nitrogens with zero attached hydrogens (tertiary/aromatic N) is 1. The van der Waals surface area contributed by atoms with E-state index in [0.717, 1.165) is 24.2 Å². The van der Waals surface area contributed by atoms with E-state index in [2.05, 4.69) is 31.2 Å². The minimum absolute atomic E-state index is 0.0464. The maximum atomic E-state index is 11.9. The van der Waals surface area contributed by atoms with Crippen molar-refractivity contribution in [3.63, 3.8) is 0 Å². The molecule has 0 atom stereocenters. The van der Waals surface area contributed by atoms with Crippen molar-refractivity contribution in [1.29, 1.82) is 0 Å². The molecule has 0 radical (unpaired) electrons. The van der Waals surface area contributed by atoms with Gasteiger partial charge in [-0.05, 0) is 43.0 Å². The molecule has 0 saturated heterocycles. The molecule has 22 heavy (non-hydrogen) atoms. The lowest BCUT2D eigenvalue weighted by Gasteiger charge is -2.16. The van der Waals surface area contributed by atoms with Gasteiger partial charge in [-0.1, -0.05) is 42.0 Å². The van der Waals surface area contributed by atoms with Gasteiger partial charge in [-0.3, -0.25) is 4.79 Å². The Morgan fingerprint density at radius 3 is 2.14 bits per heavy atom. The Morgan fingerprint density at radius 2 is 1.59 bits per heavy atom. The van der Waals surface area contributed by atoms with Gasteiger partial charge in [0.1, 0.15) is 5.75 Å². The highest BCUT2D eigenvalue weighted by Crippen LogP contribution is 2.26. The van der Waals surface area contributed by atoms with Crippen LogP contribution in [0.15, 0.2) is 48.5 Å². The minimum Gasteiger partial charge on any atom is -0.484 e. The Bertz CT molecular complexity index is 642. The monoisotopic (exact) mass is 295 g/mol. The van der Waals surface area contributed by atoms with Crippen molar-refractivity contribution in [2.24, 2.45) is 0 Å². The van der Waals surface area contributed by atoms with Crippen molar-refractivity contribution in [1.82, 2.24) is 4.90 Å². The topological polar surface area (TPSA) is 29.5 Å². The molecule has 1 amide bonds. The molecular weight excluding hydrogens is 274 g/mol. The van der Waals surface area contributed by atoms with Gasteiger partial charge >= 0.3 is 0 Å². The molecule has 0 bridgehead atoms. The van der Waals surface area contributed by atoms with Crippen molar-refractivity contribution in [3.05, 3.63) is 54.1 Å². The van der Waals surface area contributed by atoms with Crippen molar-refractivity contribution in [2.45, 2.75) is 25.8 Å². The molecule has 3 rings (SSSR count). The zero-order valence-corrected chi connectivity index (χ0v) is 13.1. The second-order valence-electron chi connectivity index (χ2n) is 5.91. The molecule has 1 saturated carbocycles. The summed E-state index contributed by atoms with van der Waals surface area (Å²) < 4.78 is 5.59. The molecule has 2 aromatic rings. The second-order valence-corrected chi connectivity index (χ2v) is 5.91. The van der Waals surface area contributed by atoms with E-state index in [1.54, 1.807) is 4.90 Å². The van der Waals surface area contributed by atoms with Gasteiger partial charge < -0.3 is 9.64 Å². The smallest absolute Gasteiger partial charge is 0.260 e. The predicted molar refractivity (Wildman–Crippen MR) is 87.9 cm³/mol. The molecule has 2 aromatic carbocycles. The number of hydrogen-bond acceptors (Lipinski definition) is 2. The molecule has 0 unspecified atom stereocenters. The molecular formula is C19H21NO2. The SMILES string of the molecule is Cc1ccc(-c2ccc(OCC(=O)N(C)C3CC3)cc2)cc1. The predicted octanol–water partition coefficient (Wildman–Crippen LogP) is 3.66. The zero-order chi connectivity index (χ0) is 15.5. The summed E-state index contributed by atoms with van der Waals surface area (Å²) in [6, 6.07) is 16.7. The summed E-state index contributed by atoms with van der Waals surface area (Å²) in [7, 11) is 1.85. The van der Waals surface area contributed by atoms with Gasteiger partial charge in [0.15, 0.2) is 6.61 Å². The highest BCUT2D eigenvalue weighted by atomic mass is 16.5. The summed E-state index contributed by atoms with van der Waals surface area (Å²) in [6.45, 7) is 2.19. The lowest BCUT2D eigenvalue weighted by Crippen LogP contribution is -2.33. The van der Waals surface area contributed by atoms with Crippen molar-refractivity contribution >= 4 is 5.91 Å². The first-order valence-electron chi connectivity index (χ1n) is 7.69. The largest absolute Gasteiger partial charge is 0.484 e. The Hall–Kier alpha value is -2.29. The molecule has 0 spiro atoms. The van der Waals surface area contributed by atoms with Crippen LogP contribution in [0, 0.1) is 6.92 Å². The van der Waals surface area contributed by atoms with Gasteiger partial charge in [-0.2, -0.15) is 0 Å². The summed E-state index contributed by atoms with van der Waals surface area (Å²) in [4.78, 5) is 13.7. The van der Waals surface area contributed by atoms with E-state index < -0.39 is 0 Å². The highest BCUT2D eigenvalue weighted by Gasteiger charge is 2.29. The summed E-state index contributed by atoms with van der Waals surface area (Å²) >= 11 is 0. The van der Waals surface area contributed by atoms with E-state index in [1.165, 1.54) is 11.1 Å². The fourth-order valence-corrected chi connectivity index (χ4v) is 2.40. The van der Waals surface area contributed by atoms with Gasteiger partial charge in [0, 0.05) is 13.1 Å².